The van der Waals surface area contributed by atoms with Crippen LogP contribution in [-0.2, 0) is 4.84 Å². The van der Waals surface area contributed by atoms with Crippen LogP contribution in [0.1, 0.15) is 20.3 Å². The van der Waals surface area contributed by atoms with Gasteiger partial charge < -0.3 is 0 Å². The Morgan fingerprint density at radius 1 is 1.80 bits per heavy atom. The topological polar surface area (TPSA) is 36.3 Å². The van der Waals surface area contributed by atoms with Gasteiger partial charge in [-0.2, -0.15) is 10.3 Å². The van der Waals surface area contributed by atoms with Crippen molar-refractivity contribution in [3.05, 3.63) is 0 Å². The summed E-state index contributed by atoms with van der Waals surface area (Å²) >= 11 is 0. The minimum atomic E-state index is -0.213. The van der Waals surface area contributed by atoms with Crippen molar-refractivity contribution in [3.63, 3.8) is 0 Å². The molecule has 1 heterocycles. The fourth-order valence-corrected chi connectivity index (χ4v) is 1.20. The summed E-state index contributed by atoms with van der Waals surface area (Å²) in [5.41, 5.74) is 0. The highest BCUT2D eigenvalue weighted by Gasteiger charge is 2.28. The molecule has 0 spiro atoms. The maximum absolute atomic E-state index is 8.50. The summed E-state index contributed by atoms with van der Waals surface area (Å²) in [4.78, 5) is 5.24. The van der Waals surface area contributed by atoms with Crippen molar-refractivity contribution in [2.45, 2.75) is 32.4 Å². The van der Waals surface area contributed by atoms with Gasteiger partial charge in [-0.05, 0) is 6.92 Å². The molecule has 2 atom stereocenters. The zero-order valence-electron chi connectivity index (χ0n) is 6.37. The first-order valence-corrected chi connectivity index (χ1v) is 3.61. The molecular weight excluding hydrogens is 128 g/mol. The molecule has 56 valence electrons. The number of hydrogen-bond donors (Lipinski definition) is 0. The molecule has 0 aromatic heterocycles. The average Bonchev–Trinajstić information content (AvgIpc) is 2.30. The van der Waals surface area contributed by atoms with E-state index in [1.165, 1.54) is 0 Å². The van der Waals surface area contributed by atoms with E-state index >= 15 is 0 Å². The smallest absolute Gasteiger partial charge is 0.167 e. The van der Waals surface area contributed by atoms with Crippen molar-refractivity contribution < 1.29 is 4.84 Å². The maximum Gasteiger partial charge on any atom is 0.167 e. The number of rotatable bonds is 1. The molecule has 1 rings (SSSR count). The highest BCUT2D eigenvalue weighted by Crippen LogP contribution is 2.18. The van der Waals surface area contributed by atoms with Crippen LogP contribution in [0.3, 0.4) is 0 Å². The Morgan fingerprint density at radius 3 is 2.80 bits per heavy atom. The predicted octanol–water partition coefficient (Wildman–Crippen LogP) is 0.924. The van der Waals surface area contributed by atoms with Gasteiger partial charge in [-0.25, -0.2) is 0 Å². The largest absolute Gasteiger partial charge is 0.280 e. The van der Waals surface area contributed by atoms with Crippen LogP contribution in [0.5, 0.6) is 0 Å². The van der Waals surface area contributed by atoms with Crippen molar-refractivity contribution in [2.24, 2.45) is 0 Å². The van der Waals surface area contributed by atoms with Gasteiger partial charge in [0.05, 0.1) is 6.07 Å². The van der Waals surface area contributed by atoms with Gasteiger partial charge in [-0.1, -0.05) is 6.92 Å². The van der Waals surface area contributed by atoms with Crippen LogP contribution >= 0.6 is 0 Å². The third-order valence-electron chi connectivity index (χ3n) is 1.77. The molecule has 1 saturated heterocycles. The highest BCUT2D eigenvalue weighted by atomic mass is 16.7. The van der Waals surface area contributed by atoms with Crippen LogP contribution in [0.4, 0.5) is 0 Å². The van der Waals surface area contributed by atoms with E-state index in [9.17, 15) is 0 Å². The van der Waals surface area contributed by atoms with Gasteiger partial charge in [-0.3, -0.25) is 4.84 Å². The fourth-order valence-electron chi connectivity index (χ4n) is 1.20. The number of hydroxylamine groups is 2. The third kappa shape index (κ3) is 1.28. The summed E-state index contributed by atoms with van der Waals surface area (Å²) < 4.78 is 0. The Hall–Kier alpha value is -0.590. The van der Waals surface area contributed by atoms with Crippen molar-refractivity contribution in [3.8, 4) is 6.07 Å². The third-order valence-corrected chi connectivity index (χ3v) is 1.77. The SMILES string of the molecule is CCN1O[C@H](C#N)C[C@@H]1C. The van der Waals surface area contributed by atoms with Gasteiger partial charge in [0.25, 0.3) is 0 Å². The van der Waals surface area contributed by atoms with Crippen LogP contribution in [0, 0.1) is 11.3 Å². The molecule has 1 aliphatic rings. The maximum atomic E-state index is 8.50. The van der Waals surface area contributed by atoms with Gasteiger partial charge in [-0.15, -0.1) is 0 Å². The lowest BCUT2D eigenvalue weighted by Gasteiger charge is -2.15. The van der Waals surface area contributed by atoms with E-state index < -0.39 is 0 Å². The average molecular weight is 140 g/mol. The monoisotopic (exact) mass is 140 g/mol. The fraction of sp³-hybridized carbons (Fsp3) is 0.857. The molecular formula is C7H12N2O. The molecule has 0 aromatic carbocycles. The molecule has 0 amide bonds. The van der Waals surface area contributed by atoms with E-state index in [0.717, 1.165) is 13.0 Å². The van der Waals surface area contributed by atoms with Crippen molar-refractivity contribution >= 4 is 0 Å². The standard InChI is InChI=1S/C7H12N2O/c1-3-9-6(2)4-7(5-8)10-9/h6-7H,3-4H2,1-2H3/t6-,7-/m0/s1. The first-order valence-electron chi connectivity index (χ1n) is 3.61. The lowest BCUT2D eigenvalue weighted by molar-refractivity contribution is -0.142. The highest BCUT2D eigenvalue weighted by molar-refractivity contribution is 4.89. The molecule has 0 saturated carbocycles. The minimum absolute atomic E-state index is 0.213. The molecule has 0 radical (unpaired) electrons. The lowest BCUT2D eigenvalue weighted by Crippen LogP contribution is -2.25. The van der Waals surface area contributed by atoms with E-state index in [1.807, 2.05) is 12.0 Å². The summed E-state index contributed by atoms with van der Waals surface area (Å²) in [7, 11) is 0. The van der Waals surface area contributed by atoms with Gasteiger partial charge in [0, 0.05) is 19.0 Å². The molecule has 10 heavy (non-hydrogen) atoms. The van der Waals surface area contributed by atoms with Crippen LogP contribution in [0.25, 0.3) is 0 Å². The summed E-state index contributed by atoms with van der Waals surface area (Å²) in [6, 6.07) is 2.49. The van der Waals surface area contributed by atoms with E-state index in [4.69, 9.17) is 10.1 Å². The van der Waals surface area contributed by atoms with Crippen LogP contribution < -0.4 is 0 Å². The minimum Gasteiger partial charge on any atom is -0.280 e. The second-order valence-electron chi connectivity index (χ2n) is 2.54. The molecule has 1 fully saturated rings. The van der Waals surface area contributed by atoms with E-state index in [2.05, 4.69) is 13.0 Å². The number of nitrogens with zero attached hydrogens (tertiary/aromatic N) is 2. The zero-order chi connectivity index (χ0) is 7.56. The molecule has 0 aromatic rings. The van der Waals surface area contributed by atoms with Crippen LogP contribution in [0.2, 0.25) is 0 Å². The number of hydrogen-bond acceptors (Lipinski definition) is 3. The van der Waals surface area contributed by atoms with Crippen LogP contribution in [0.15, 0.2) is 0 Å². The van der Waals surface area contributed by atoms with E-state index in [-0.39, 0.29) is 6.10 Å². The summed E-state index contributed by atoms with van der Waals surface area (Å²) in [6.07, 6.45) is 0.625. The van der Waals surface area contributed by atoms with E-state index in [0.29, 0.717) is 6.04 Å². The summed E-state index contributed by atoms with van der Waals surface area (Å²) in [5, 5.41) is 10.4. The Bertz CT molecular complexity index is 152. The first kappa shape index (κ1) is 7.52. The molecule has 3 heteroatoms. The molecule has 0 aliphatic carbocycles. The van der Waals surface area contributed by atoms with Crippen LogP contribution in [-0.4, -0.2) is 23.8 Å². The van der Waals surface area contributed by atoms with Crippen molar-refractivity contribution in [2.75, 3.05) is 6.54 Å². The normalized spacial score (nSPS) is 34.1. The first-order chi connectivity index (χ1) is 4.77. The van der Waals surface area contributed by atoms with Gasteiger partial charge in [0.2, 0.25) is 0 Å². The predicted molar refractivity (Wildman–Crippen MR) is 36.9 cm³/mol. The zero-order valence-corrected chi connectivity index (χ0v) is 6.37. The van der Waals surface area contributed by atoms with Gasteiger partial charge in [0.15, 0.2) is 6.10 Å². The van der Waals surface area contributed by atoms with Crippen molar-refractivity contribution in [1.82, 2.24) is 5.06 Å². The Balaban J connectivity index is 2.46. The summed E-state index contributed by atoms with van der Waals surface area (Å²) in [5.74, 6) is 0. The lowest BCUT2D eigenvalue weighted by atomic mass is 10.2. The Kier molecular flexibility index (Phi) is 2.25. The van der Waals surface area contributed by atoms with Gasteiger partial charge in [0.1, 0.15) is 0 Å². The molecule has 0 bridgehead atoms. The van der Waals surface area contributed by atoms with Crippen molar-refractivity contribution in [1.29, 1.82) is 5.26 Å². The van der Waals surface area contributed by atoms with E-state index in [1.54, 1.807) is 0 Å². The quantitative estimate of drug-likeness (QED) is 0.543. The summed E-state index contributed by atoms with van der Waals surface area (Å²) in [6.45, 7) is 4.95. The molecule has 1 aliphatic heterocycles. The Labute approximate surface area is 61.1 Å². The second-order valence-corrected chi connectivity index (χ2v) is 2.54. The molecule has 0 N–H and O–H groups in total. The number of nitriles is 1. The Morgan fingerprint density at radius 2 is 2.50 bits per heavy atom. The molecule has 3 nitrogen and oxygen atoms in total. The van der Waals surface area contributed by atoms with Gasteiger partial charge >= 0.3 is 0 Å². The molecule has 0 unspecified atom stereocenters. The second kappa shape index (κ2) is 3.00.